The van der Waals surface area contributed by atoms with Gasteiger partial charge in [0.15, 0.2) is 0 Å². The van der Waals surface area contributed by atoms with Gasteiger partial charge in [-0.25, -0.2) is 0 Å². The molecule has 0 spiro atoms. The van der Waals surface area contributed by atoms with Gasteiger partial charge in [0.2, 0.25) is 0 Å². The van der Waals surface area contributed by atoms with Crippen LogP contribution in [0.25, 0.3) is 0 Å². The van der Waals surface area contributed by atoms with Crippen molar-refractivity contribution in [1.29, 1.82) is 0 Å². The maximum absolute atomic E-state index is 4.24. The number of hydrogen-bond donors (Lipinski definition) is 0. The van der Waals surface area contributed by atoms with Crippen molar-refractivity contribution in [3.05, 3.63) is 0 Å². The van der Waals surface area contributed by atoms with Crippen LogP contribution in [0.15, 0.2) is 4.99 Å². The zero-order valence-corrected chi connectivity index (χ0v) is 8.39. The predicted molar refractivity (Wildman–Crippen MR) is 51.1 cm³/mol. The molecule has 0 fully saturated rings. The molecule has 2 heteroatoms. The molecular weight excluding hydrogens is 136 g/mol. The minimum Gasteiger partial charge on any atom is -0.364 e. The summed E-state index contributed by atoms with van der Waals surface area (Å²) < 4.78 is 0. The lowest BCUT2D eigenvalue weighted by Gasteiger charge is -2.20. The van der Waals surface area contributed by atoms with E-state index in [0.29, 0.717) is 5.92 Å². The smallest absolute Gasteiger partial charge is 0.0985 e. The van der Waals surface area contributed by atoms with Crippen LogP contribution >= 0.6 is 0 Å². The number of amidine groups is 1. The third-order valence-corrected chi connectivity index (χ3v) is 1.76. The van der Waals surface area contributed by atoms with Crippen molar-refractivity contribution >= 4 is 5.84 Å². The molecule has 0 atom stereocenters. The van der Waals surface area contributed by atoms with Crippen molar-refractivity contribution in [1.82, 2.24) is 4.90 Å². The van der Waals surface area contributed by atoms with E-state index in [-0.39, 0.29) is 0 Å². The van der Waals surface area contributed by atoms with Crippen LogP contribution in [0.3, 0.4) is 0 Å². The van der Waals surface area contributed by atoms with Crippen molar-refractivity contribution in [2.24, 2.45) is 10.9 Å². The monoisotopic (exact) mass is 156 g/mol. The van der Waals surface area contributed by atoms with Gasteiger partial charge in [-0.1, -0.05) is 13.8 Å². The Morgan fingerprint density at radius 3 is 2.27 bits per heavy atom. The Balaban J connectivity index is 3.97. The quantitative estimate of drug-likeness (QED) is 0.451. The fourth-order valence-corrected chi connectivity index (χ4v) is 0.965. The molecule has 66 valence electrons. The van der Waals surface area contributed by atoms with E-state index in [0.717, 1.165) is 13.0 Å². The molecule has 0 unspecified atom stereocenters. The molecule has 0 rings (SSSR count). The molecule has 2 nitrogen and oxygen atoms in total. The van der Waals surface area contributed by atoms with Gasteiger partial charge in [-0.15, -0.1) is 0 Å². The Kier molecular flexibility index (Phi) is 4.92. The van der Waals surface area contributed by atoms with E-state index >= 15 is 0 Å². The van der Waals surface area contributed by atoms with Crippen LogP contribution < -0.4 is 0 Å². The summed E-state index contributed by atoms with van der Waals surface area (Å²) in [6.45, 7) is 7.62. The minimum atomic E-state index is 0.697. The van der Waals surface area contributed by atoms with E-state index < -0.39 is 0 Å². The van der Waals surface area contributed by atoms with Gasteiger partial charge in [-0.3, -0.25) is 4.99 Å². The first-order chi connectivity index (χ1) is 5.11. The summed E-state index contributed by atoms with van der Waals surface area (Å²) in [6.07, 6.45) is 1.08. The fraction of sp³-hybridized carbons (Fsp3) is 0.889. The van der Waals surface area contributed by atoms with Gasteiger partial charge < -0.3 is 4.90 Å². The zero-order valence-electron chi connectivity index (χ0n) is 8.39. The number of rotatable bonds is 3. The molecule has 0 aromatic carbocycles. The fourth-order valence-electron chi connectivity index (χ4n) is 0.965. The van der Waals surface area contributed by atoms with Crippen molar-refractivity contribution in [2.75, 3.05) is 20.6 Å². The Labute approximate surface area is 70.3 Å². The summed E-state index contributed by atoms with van der Waals surface area (Å²) in [7, 11) is 3.95. The highest BCUT2D eigenvalue weighted by Gasteiger charge is 2.04. The Morgan fingerprint density at radius 2 is 2.00 bits per heavy atom. The maximum Gasteiger partial charge on any atom is 0.0985 e. The van der Waals surface area contributed by atoms with E-state index in [1.807, 2.05) is 7.05 Å². The van der Waals surface area contributed by atoms with Crippen LogP contribution in [0, 0.1) is 5.92 Å². The molecule has 0 bridgehead atoms. The molecule has 11 heavy (non-hydrogen) atoms. The van der Waals surface area contributed by atoms with E-state index in [1.165, 1.54) is 5.84 Å². The second kappa shape index (κ2) is 5.16. The molecule has 0 saturated carbocycles. The van der Waals surface area contributed by atoms with Crippen molar-refractivity contribution in [3.63, 3.8) is 0 Å². The van der Waals surface area contributed by atoms with Crippen LogP contribution in [0.1, 0.15) is 27.2 Å². The van der Waals surface area contributed by atoms with E-state index in [9.17, 15) is 0 Å². The molecule has 0 N–H and O–H groups in total. The predicted octanol–water partition coefficient (Wildman–Crippen LogP) is 2.01. The summed E-state index contributed by atoms with van der Waals surface area (Å²) in [5, 5.41) is 0. The standard InChI is InChI=1S/C9H20N2/c1-6-11(5)9(10-4)7-8(2)3/h8H,6-7H2,1-5H3/b10-9-. The first-order valence-electron chi connectivity index (χ1n) is 4.28. The van der Waals surface area contributed by atoms with Crippen LogP contribution in [0.4, 0.5) is 0 Å². The number of nitrogens with zero attached hydrogens (tertiary/aromatic N) is 2. The van der Waals surface area contributed by atoms with Crippen LogP contribution in [0.5, 0.6) is 0 Å². The van der Waals surface area contributed by atoms with Gasteiger partial charge in [0, 0.05) is 27.1 Å². The number of hydrogen-bond acceptors (Lipinski definition) is 1. The summed E-state index contributed by atoms with van der Waals surface area (Å²) in [5.41, 5.74) is 0. The van der Waals surface area contributed by atoms with E-state index in [2.05, 4.69) is 37.7 Å². The Bertz CT molecular complexity index is 128. The second-order valence-corrected chi connectivity index (χ2v) is 3.25. The average molecular weight is 156 g/mol. The van der Waals surface area contributed by atoms with Gasteiger partial charge in [0.05, 0.1) is 5.84 Å². The number of aliphatic imine (C=N–C) groups is 1. The van der Waals surface area contributed by atoms with Gasteiger partial charge in [-0.05, 0) is 12.8 Å². The summed E-state index contributed by atoms with van der Waals surface area (Å²) >= 11 is 0. The molecule has 0 aliphatic carbocycles. The highest BCUT2D eigenvalue weighted by atomic mass is 15.1. The largest absolute Gasteiger partial charge is 0.364 e. The lowest BCUT2D eigenvalue weighted by Crippen LogP contribution is -2.27. The molecule has 0 aromatic rings. The molecule has 0 aromatic heterocycles. The highest BCUT2D eigenvalue weighted by Crippen LogP contribution is 2.03. The lowest BCUT2D eigenvalue weighted by molar-refractivity contribution is 0.502. The van der Waals surface area contributed by atoms with Crippen molar-refractivity contribution in [3.8, 4) is 0 Å². The summed E-state index contributed by atoms with van der Waals surface area (Å²) in [6, 6.07) is 0. The van der Waals surface area contributed by atoms with E-state index in [4.69, 9.17) is 0 Å². The van der Waals surface area contributed by atoms with Gasteiger partial charge in [0.1, 0.15) is 0 Å². The SMILES string of the molecule is CCN(C)/C(CC(C)C)=N\C. The normalized spacial score (nSPS) is 12.4. The first-order valence-corrected chi connectivity index (χ1v) is 4.28. The summed E-state index contributed by atoms with van der Waals surface area (Å²) in [4.78, 5) is 6.44. The molecule has 0 aliphatic heterocycles. The van der Waals surface area contributed by atoms with Crippen LogP contribution in [0.2, 0.25) is 0 Å². The Morgan fingerprint density at radius 1 is 1.45 bits per heavy atom. The first kappa shape index (κ1) is 10.5. The van der Waals surface area contributed by atoms with E-state index in [1.54, 1.807) is 0 Å². The van der Waals surface area contributed by atoms with Crippen molar-refractivity contribution in [2.45, 2.75) is 27.2 Å². The van der Waals surface area contributed by atoms with Gasteiger partial charge in [0.25, 0.3) is 0 Å². The molecule has 0 aliphatic rings. The highest BCUT2D eigenvalue weighted by molar-refractivity contribution is 5.82. The van der Waals surface area contributed by atoms with Gasteiger partial charge >= 0.3 is 0 Å². The lowest BCUT2D eigenvalue weighted by atomic mass is 10.1. The third kappa shape index (κ3) is 4.02. The zero-order chi connectivity index (χ0) is 8.85. The average Bonchev–Trinajstić information content (AvgIpc) is 1.98. The van der Waals surface area contributed by atoms with Crippen molar-refractivity contribution < 1.29 is 0 Å². The molecule has 0 amide bonds. The Hall–Kier alpha value is -0.530. The summed E-state index contributed by atoms with van der Waals surface area (Å²) in [5.74, 6) is 1.91. The molecule has 0 radical (unpaired) electrons. The molecule has 0 saturated heterocycles. The maximum atomic E-state index is 4.24. The topological polar surface area (TPSA) is 15.6 Å². The van der Waals surface area contributed by atoms with Gasteiger partial charge in [-0.2, -0.15) is 0 Å². The minimum absolute atomic E-state index is 0.697. The molecule has 0 heterocycles. The molecular formula is C9H20N2. The second-order valence-electron chi connectivity index (χ2n) is 3.25. The third-order valence-electron chi connectivity index (χ3n) is 1.76. The van der Waals surface area contributed by atoms with Crippen LogP contribution in [-0.4, -0.2) is 31.4 Å². The van der Waals surface area contributed by atoms with Crippen LogP contribution in [-0.2, 0) is 0 Å².